The Morgan fingerprint density at radius 1 is 0.719 bits per heavy atom. The zero-order chi connectivity index (χ0) is 22.3. The third kappa shape index (κ3) is 6.14. The van der Waals surface area contributed by atoms with Gasteiger partial charge in [0.2, 0.25) is 0 Å². The van der Waals surface area contributed by atoms with Crippen molar-refractivity contribution in [1.82, 2.24) is 10.6 Å². The van der Waals surface area contributed by atoms with E-state index in [4.69, 9.17) is 8.37 Å². The maximum atomic E-state index is 12.6. The molecule has 0 aliphatic carbocycles. The van der Waals surface area contributed by atoms with Crippen molar-refractivity contribution in [2.75, 3.05) is 23.0 Å². The summed E-state index contributed by atoms with van der Waals surface area (Å²) >= 11 is 1.27. The van der Waals surface area contributed by atoms with Crippen LogP contribution >= 0.6 is 23.5 Å². The van der Waals surface area contributed by atoms with E-state index in [2.05, 4.69) is 10.6 Å². The second-order valence-electron chi connectivity index (χ2n) is 7.44. The summed E-state index contributed by atoms with van der Waals surface area (Å²) in [4.78, 5) is 24.9. The van der Waals surface area contributed by atoms with Gasteiger partial charge >= 0.3 is 11.4 Å². The van der Waals surface area contributed by atoms with Crippen molar-refractivity contribution in [3.8, 4) is 0 Å². The summed E-state index contributed by atoms with van der Waals surface area (Å²) in [6.45, 7) is 0. The molecule has 170 valence electrons. The van der Waals surface area contributed by atoms with Crippen LogP contribution in [0.3, 0.4) is 0 Å². The Kier molecular flexibility index (Phi) is 8.26. The van der Waals surface area contributed by atoms with E-state index in [1.165, 1.54) is 0 Å². The Labute approximate surface area is 198 Å². The number of thioether (sulfide) groups is 2. The second kappa shape index (κ2) is 11.3. The quantitative estimate of drug-likeness (QED) is 0.585. The highest BCUT2D eigenvalue weighted by Crippen LogP contribution is 2.26. The van der Waals surface area contributed by atoms with Crippen LogP contribution in [0.2, 0.25) is 0 Å². The first-order chi connectivity index (χ1) is 15.6. The topological polar surface area (TPSA) is 93.7 Å². The van der Waals surface area contributed by atoms with Crippen molar-refractivity contribution in [3.63, 3.8) is 0 Å². The molecule has 2 aliphatic rings. The average molecular weight is 493 g/mol. The minimum Gasteiger partial charge on any atom is -0.346 e. The third-order valence-corrected chi connectivity index (χ3v) is 8.29. The van der Waals surface area contributed by atoms with Gasteiger partial charge in [-0.15, -0.1) is 0 Å². The largest absolute Gasteiger partial charge is 0.346 e. The molecule has 2 fully saturated rings. The van der Waals surface area contributed by atoms with Gasteiger partial charge in [0.25, 0.3) is 11.8 Å². The van der Waals surface area contributed by atoms with E-state index in [9.17, 15) is 13.8 Å². The van der Waals surface area contributed by atoms with Crippen LogP contribution in [-0.2, 0) is 19.7 Å². The second-order valence-corrected chi connectivity index (χ2v) is 10.4. The Hall–Kier alpha value is -1.85. The van der Waals surface area contributed by atoms with Crippen molar-refractivity contribution >= 4 is 46.7 Å². The molecular formula is C22H24N2O5S3. The highest BCUT2D eigenvalue weighted by molar-refractivity contribution is 7.99. The van der Waals surface area contributed by atoms with Crippen molar-refractivity contribution in [3.05, 3.63) is 71.8 Å². The smallest absolute Gasteiger partial charge is 0.305 e. The molecule has 0 spiro atoms. The zero-order valence-corrected chi connectivity index (χ0v) is 19.6. The first-order valence-electron chi connectivity index (χ1n) is 10.2. The zero-order valence-electron chi connectivity index (χ0n) is 17.2. The van der Waals surface area contributed by atoms with Crippen molar-refractivity contribution in [2.24, 2.45) is 0 Å². The molecule has 2 aromatic carbocycles. The van der Waals surface area contributed by atoms with Gasteiger partial charge < -0.3 is 10.6 Å². The average Bonchev–Trinajstić information content (AvgIpc) is 3.44. The van der Waals surface area contributed by atoms with E-state index in [-0.39, 0.29) is 23.9 Å². The molecule has 32 heavy (non-hydrogen) atoms. The van der Waals surface area contributed by atoms with Gasteiger partial charge in [0, 0.05) is 34.1 Å². The molecule has 0 bridgehead atoms. The first kappa shape index (κ1) is 23.3. The number of hydrogen-bond acceptors (Lipinski definition) is 7. The summed E-state index contributed by atoms with van der Waals surface area (Å²) < 4.78 is 23.9. The molecule has 0 aromatic heterocycles. The van der Waals surface area contributed by atoms with E-state index in [1.54, 1.807) is 47.8 Å². The maximum absolute atomic E-state index is 12.6. The lowest BCUT2D eigenvalue weighted by molar-refractivity contribution is 0.0873. The molecule has 2 aromatic rings. The monoisotopic (exact) mass is 492 g/mol. The van der Waals surface area contributed by atoms with E-state index in [1.807, 2.05) is 36.4 Å². The highest BCUT2D eigenvalue weighted by atomic mass is 32.2. The standard InChI is InChI=1S/C22H24N2O5S3/c25-21(15-7-3-1-4-8-15)23-17-11-30-13-19(17)28-32(27)29-20-14-31-12-18(20)24-22(26)16-9-5-2-6-10-16/h1-10,17-20H,11-14H2,(H,23,25)(H,24,26)/t17-,18-,19+,20+/m0/s1. The van der Waals surface area contributed by atoms with Gasteiger partial charge in [-0.05, 0) is 24.3 Å². The number of nitrogens with one attached hydrogen (secondary N) is 2. The molecular weight excluding hydrogens is 468 g/mol. The van der Waals surface area contributed by atoms with Crippen LogP contribution in [0.25, 0.3) is 0 Å². The lowest BCUT2D eigenvalue weighted by Crippen LogP contribution is -2.46. The van der Waals surface area contributed by atoms with Crippen LogP contribution in [0.5, 0.6) is 0 Å². The van der Waals surface area contributed by atoms with Crippen molar-refractivity contribution < 1.29 is 22.2 Å². The summed E-state index contributed by atoms with van der Waals surface area (Å²) in [6.07, 6.45) is -0.833. The van der Waals surface area contributed by atoms with Gasteiger partial charge in [0.05, 0.1) is 12.1 Å². The summed E-state index contributed by atoms with van der Waals surface area (Å²) in [7, 11) is 0. The van der Waals surface area contributed by atoms with Gasteiger partial charge in [-0.2, -0.15) is 27.7 Å². The summed E-state index contributed by atoms with van der Waals surface area (Å²) in [5.41, 5.74) is 1.14. The molecule has 2 amide bonds. The van der Waals surface area contributed by atoms with Crippen LogP contribution in [0.1, 0.15) is 20.7 Å². The minimum absolute atomic E-state index is 0.186. The number of carbonyl (C=O) groups excluding carboxylic acids is 2. The van der Waals surface area contributed by atoms with Crippen molar-refractivity contribution in [2.45, 2.75) is 24.3 Å². The van der Waals surface area contributed by atoms with E-state index in [0.29, 0.717) is 34.1 Å². The van der Waals surface area contributed by atoms with Gasteiger partial charge in [-0.3, -0.25) is 18.0 Å². The van der Waals surface area contributed by atoms with Crippen LogP contribution < -0.4 is 10.6 Å². The number of carbonyl (C=O) groups is 2. The summed E-state index contributed by atoms with van der Waals surface area (Å²) in [5.74, 6) is 2.21. The SMILES string of the molecule is O=C(N[C@H]1CSC[C@H]1OS(=O)O[C@@H]1CSC[C@@H]1NC(=O)c1ccccc1)c1ccccc1. The predicted octanol–water partition coefficient (Wildman–Crippen LogP) is 2.43. The Morgan fingerprint density at radius 3 is 1.53 bits per heavy atom. The predicted molar refractivity (Wildman–Crippen MR) is 128 cm³/mol. The van der Waals surface area contributed by atoms with E-state index in [0.717, 1.165) is 0 Å². The molecule has 7 nitrogen and oxygen atoms in total. The highest BCUT2D eigenvalue weighted by Gasteiger charge is 2.36. The van der Waals surface area contributed by atoms with Gasteiger partial charge in [0.1, 0.15) is 12.2 Å². The number of rotatable bonds is 8. The third-order valence-electron chi connectivity index (χ3n) is 5.17. The summed E-state index contributed by atoms with van der Waals surface area (Å²) in [6, 6.07) is 17.4. The fourth-order valence-corrected chi connectivity index (χ4v) is 6.90. The normalized spacial score (nSPS) is 25.0. The minimum atomic E-state index is -1.99. The number of amides is 2. The first-order valence-corrected chi connectivity index (χ1v) is 13.5. The molecule has 4 rings (SSSR count). The Balaban J connectivity index is 1.28. The van der Waals surface area contributed by atoms with Gasteiger partial charge in [0.15, 0.2) is 0 Å². The molecule has 2 saturated heterocycles. The molecule has 2 aliphatic heterocycles. The molecule has 4 atom stereocenters. The lowest BCUT2D eigenvalue weighted by Gasteiger charge is -2.22. The fourth-order valence-electron chi connectivity index (χ4n) is 3.44. The van der Waals surface area contributed by atoms with E-state index < -0.39 is 23.6 Å². The number of hydrogen-bond donors (Lipinski definition) is 2. The van der Waals surface area contributed by atoms with Crippen LogP contribution in [0.15, 0.2) is 60.7 Å². The van der Waals surface area contributed by atoms with Crippen molar-refractivity contribution in [1.29, 1.82) is 0 Å². The molecule has 0 unspecified atom stereocenters. The fraction of sp³-hybridized carbons (Fsp3) is 0.364. The maximum Gasteiger partial charge on any atom is 0.305 e. The molecule has 2 N–H and O–H groups in total. The molecule has 0 saturated carbocycles. The van der Waals surface area contributed by atoms with Crippen LogP contribution in [-0.4, -0.2) is 63.3 Å². The molecule has 0 radical (unpaired) electrons. The van der Waals surface area contributed by atoms with E-state index >= 15 is 0 Å². The Bertz CT molecular complexity index is 872. The summed E-state index contributed by atoms with van der Waals surface area (Å²) in [5, 5.41) is 5.92. The molecule has 10 heteroatoms. The lowest BCUT2D eigenvalue weighted by atomic mass is 10.1. The van der Waals surface area contributed by atoms with Crippen LogP contribution in [0.4, 0.5) is 0 Å². The van der Waals surface area contributed by atoms with Crippen LogP contribution in [0, 0.1) is 0 Å². The number of benzene rings is 2. The van der Waals surface area contributed by atoms with Gasteiger partial charge in [-0.1, -0.05) is 36.4 Å². The molecule has 2 heterocycles. The Morgan fingerprint density at radius 2 is 1.12 bits per heavy atom. The van der Waals surface area contributed by atoms with Gasteiger partial charge in [-0.25, -0.2) is 0 Å².